The summed E-state index contributed by atoms with van der Waals surface area (Å²) in [5.74, 6) is 5.81. The number of hydrazine groups is 1. The molecule has 60 valence electrons. The van der Waals surface area contributed by atoms with E-state index in [1.165, 1.54) is 0 Å². The minimum atomic E-state index is -0.461. The molecule has 0 fully saturated rings. The maximum absolute atomic E-state index is 5.19. The van der Waals surface area contributed by atoms with Crippen molar-refractivity contribution >= 4 is 12.6 Å². The fourth-order valence-corrected chi connectivity index (χ4v) is 0.784. The van der Waals surface area contributed by atoms with Crippen LogP contribution in [-0.4, -0.2) is 5.56 Å². The van der Waals surface area contributed by atoms with E-state index in [0.29, 0.717) is 0 Å². The molecule has 0 radical (unpaired) electrons. The van der Waals surface area contributed by atoms with Crippen molar-refractivity contribution < 1.29 is 4.74 Å². The van der Waals surface area contributed by atoms with E-state index < -0.39 is 5.56 Å². The lowest BCUT2D eigenvalue weighted by atomic mass is 10.3. The minimum absolute atomic E-state index is 0.461. The Labute approximate surface area is 70.9 Å². The Balaban J connectivity index is 2.51. The third-order valence-corrected chi connectivity index (χ3v) is 1.39. The maximum Gasteiger partial charge on any atom is 0.207 e. The van der Waals surface area contributed by atoms with Gasteiger partial charge in [-0.3, -0.25) is 5.84 Å². The highest BCUT2D eigenvalue weighted by molar-refractivity contribution is 7.80. The predicted molar refractivity (Wildman–Crippen MR) is 47.2 cm³/mol. The molecule has 0 aliphatic rings. The molecule has 0 aliphatic heterocycles. The Bertz CT molecular complexity index is 205. The number of ether oxygens (including phenoxy) is 1. The minimum Gasteiger partial charge on any atom is -0.465 e. The third kappa shape index (κ3) is 2.80. The van der Waals surface area contributed by atoms with Gasteiger partial charge in [-0.1, -0.05) is 18.2 Å². The normalized spacial score (nSPS) is 12.5. The molecule has 0 saturated heterocycles. The summed E-state index contributed by atoms with van der Waals surface area (Å²) in [6, 6.07) is 9.34. The second kappa shape index (κ2) is 4.23. The number of nitrogens with one attached hydrogen (secondary N) is 1. The molecule has 3 N–H and O–H groups in total. The summed E-state index contributed by atoms with van der Waals surface area (Å²) in [6.07, 6.45) is 0. The first-order valence-corrected chi connectivity index (χ1v) is 3.70. The van der Waals surface area contributed by atoms with Crippen LogP contribution in [0.2, 0.25) is 0 Å². The Hall–Kier alpha value is -0.710. The molecule has 0 heterocycles. The van der Waals surface area contributed by atoms with Gasteiger partial charge in [-0.2, -0.15) is 0 Å². The molecule has 0 bridgehead atoms. The topological polar surface area (TPSA) is 47.3 Å². The number of hydrogen-bond donors (Lipinski definition) is 3. The number of rotatable bonds is 3. The molecule has 0 saturated carbocycles. The highest BCUT2D eigenvalue weighted by Gasteiger charge is 1.98. The van der Waals surface area contributed by atoms with Crippen LogP contribution in [0.1, 0.15) is 0 Å². The van der Waals surface area contributed by atoms with E-state index >= 15 is 0 Å². The molecular formula is C7H10N2OS. The lowest BCUT2D eigenvalue weighted by molar-refractivity contribution is 0.253. The number of benzene rings is 1. The second-order valence-electron chi connectivity index (χ2n) is 1.95. The van der Waals surface area contributed by atoms with Gasteiger partial charge in [0, 0.05) is 0 Å². The first-order chi connectivity index (χ1) is 5.33. The average molecular weight is 170 g/mol. The first kappa shape index (κ1) is 8.39. The van der Waals surface area contributed by atoms with Crippen LogP contribution in [0, 0.1) is 0 Å². The fraction of sp³-hybridized carbons (Fsp3) is 0.143. The van der Waals surface area contributed by atoms with Crippen molar-refractivity contribution in [1.29, 1.82) is 0 Å². The van der Waals surface area contributed by atoms with Gasteiger partial charge in [-0.25, -0.2) is 5.43 Å². The van der Waals surface area contributed by atoms with Crippen LogP contribution in [-0.2, 0) is 0 Å². The van der Waals surface area contributed by atoms with Gasteiger partial charge in [0.25, 0.3) is 0 Å². The molecule has 1 aromatic rings. The molecule has 1 atom stereocenters. The SMILES string of the molecule is NNC(S)Oc1ccccc1. The molecule has 4 heteroatoms. The van der Waals surface area contributed by atoms with Crippen molar-refractivity contribution in [3.8, 4) is 5.75 Å². The van der Waals surface area contributed by atoms with E-state index in [0.717, 1.165) is 5.75 Å². The van der Waals surface area contributed by atoms with E-state index in [4.69, 9.17) is 10.6 Å². The van der Waals surface area contributed by atoms with Crippen molar-refractivity contribution in [1.82, 2.24) is 5.43 Å². The molecule has 1 rings (SSSR count). The van der Waals surface area contributed by atoms with Crippen LogP contribution in [0.4, 0.5) is 0 Å². The third-order valence-electron chi connectivity index (χ3n) is 1.13. The molecular weight excluding hydrogens is 160 g/mol. The van der Waals surface area contributed by atoms with Crippen molar-refractivity contribution in [2.24, 2.45) is 5.84 Å². The second-order valence-corrected chi connectivity index (χ2v) is 2.42. The molecule has 0 aliphatic carbocycles. The zero-order chi connectivity index (χ0) is 8.10. The van der Waals surface area contributed by atoms with E-state index in [1.807, 2.05) is 30.3 Å². The average Bonchev–Trinajstić information content (AvgIpc) is 2.06. The Kier molecular flexibility index (Phi) is 3.22. The largest absolute Gasteiger partial charge is 0.465 e. The molecule has 0 aromatic heterocycles. The quantitative estimate of drug-likeness (QED) is 0.271. The summed E-state index contributed by atoms with van der Waals surface area (Å²) < 4.78 is 5.19. The Morgan fingerprint density at radius 1 is 1.36 bits per heavy atom. The van der Waals surface area contributed by atoms with Gasteiger partial charge < -0.3 is 4.74 Å². The fourth-order valence-electron chi connectivity index (χ4n) is 0.662. The summed E-state index contributed by atoms with van der Waals surface area (Å²) >= 11 is 3.98. The van der Waals surface area contributed by atoms with E-state index in [1.54, 1.807) is 0 Å². The number of nitrogens with two attached hydrogens (primary N) is 1. The predicted octanol–water partition coefficient (Wildman–Crippen LogP) is 0.742. The van der Waals surface area contributed by atoms with Gasteiger partial charge in [-0.15, -0.1) is 12.6 Å². The lowest BCUT2D eigenvalue weighted by Crippen LogP contribution is -2.34. The van der Waals surface area contributed by atoms with Crippen LogP contribution in [0.5, 0.6) is 5.75 Å². The molecule has 1 unspecified atom stereocenters. The van der Waals surface area contributed by atoms with Gasteiger partial charge in [0.05, 0.1) is 0 Å². The van der Waals surface area contributed by atoms with Crippen molar-refractivity contribution in [3.63, 3.8) is 0 Å². The summed E-state index contributed by atoms with van der Waals surface area (Å²) in [5, 5.41) is 0. The Morgan fingerprint density at radius 3 is 2.55 bits per heavy atom. The monoisotopic (exact) mass is 170 g/mol. The molecule has 1 aromatic carbocycles. The van der Waals surface area contributed by atoms with Crippen LogP contribution < -0.4 is 16.0 Å². The van der Waals surface area contributed by atoms with Gasteiger partial charge in [0.2, 0.25) is 5.56 Å². The standard InChI is InChI=1S/C7H10N2OS/c8-9-7(11)10-6-4-2-1-3-5-6/h1-5,7,9,11H,8H2. The first-order valence-electron chi connectivity index (χ1n) is 3.19. The van der Waals surface area contributed by atoms with E-state index in [9.17, 15) is 0 Å². The molecule has 0 amide bonds. The lowest BCUT2D eigenvalue weighted by Gasteiger charge is -2.11. The molecule has 11 heavy (non-hydrogen) atoms. The van der Waals surface area contributed by atoms with Gasteiger partial charge in [-0.05, 0) is 12.1 Å². The van der Waals surface area contributed by atoms with Gasteiger partial charge in [0.1, 0.15) is 5.75 Å². The molecule has 3 nitrogen and oxygen atoms in total. The summed E-state index contributed by atoms with van der Waals surface area (Å²) in [7, 11) is 0. The van der Waals surface area contributed by atoms with Crippen molar-refractivity contribution in [3.05, 3.63) is 30.3 Å². The zero-order valence-electron chi connectivity index (χ0n) is 5.90. The number of para-hydroxylation sites is 1. The smallest absolute Gasteiger partial charge is 0.207 e. The molecule has 0 spiro atoms. The Morgan fingerprint density at radius 2 is 2.00 bits per heavy atom. The van der Waals surface area contributed by atoms with Crippen LogP contribution in [0.3, 0.4) is 0 Å². The zero-order valence-corrected chi connectivity index (χ0v) is 6.79. The van der Waals surface area contributed by atoms with Gasteiger partial charge in [0.15, 0.2) is 0 Å². The highest BCUT2D eigenvalue weighted by Crippen LogP contribution is 2.10. The summed E-state index contributed by atoms with van der Waals surface area (Å²) in [5.41, 5.74) is 1.89. The maximum atomic E-state index is 5.19. The van der Waals surface area contributed by atoms with E-state index in [-0.39, 0.29) is 0 Å². The highest BCUT2D eigenvalue weighted by atomic mass is 32.1. The van der Waals surface area contributed by atoms with Crippen molar-refractivity contribution in [2.75, 3.05) is 0 Å². The number of thiol groups is 1. The summed E-state index contributed by atoms with van der Waals surface area (Å²) in [6.45, 7) is 0. The number of hydrogen-bond acceptors (Lipinski definition) is 4. The van der Waals surface area contributed by atoms with E-state index in [2.05, 4.69) is 18.1 Å². The van der Waals surface area contributed by atoms with Crippen molar-refractivity contribution in [2.45, 2.75) is 5.56 Å². The van der Waals surface area contributed by atoms with Gasteiger partial charge >= 0.3 is 0 Å². The van der Waals surface area contributed by atoms with Crippen LogP contribution in [0.15, 0.2) is 30.3 Å². The van der Waals surface area contributed by atoms with Crippen LogP contribution >= 0.6 is 12.6 Å². The van der Waals surface area contributed by atoms with Crippen LogP contribution in [0.25, 0.3) is 0 Å². The summed E-state index contributed by atoms with van der Waals surface area (Å²) in [4.78, 5) is 0.